The normalized spacial score (nSPS) is 14.6. The largest absolute Gasteiger partial charge is 0.369 e. The quantitative estimate of drug-likeness (QED) is 0.773. The van der Waals surface area contributed by atoms with Gasteiger partial charge in [-0.3, -0.25) is 9.59 Å². The number of halogens is 2. The van der Waals surface area contributed by atoms with Gasteiger partial charge in [0.25, 0.3) is 0 Å². The number of likely N-dealkylation sites (N-methyl/N-ethyl adjacent to an activating group) is 1. The van der Waals surface area contributed by atoms with Crippen molar-refractivity contribution in [2.45, 2.75) is 6.42 Å². The third kappa shape index (κ3) is 5.26. The van der Waals surface area contributed by atoms with Gasteiger partial charge in [0.05, 0.1) is 5.69 Å². The van der Waals surface area contributed by atoms with Crippen LogP contribution in [0.15, 0.2) is 42.5 Å². The number of rotatable bonds is 5. The van der Waals surface area contributed by atoms with Gasteiger partial charge in [-0.1, -0.05) is 0 Å². The molecule has 2 amide bonds. The van der Waals surface area contributed by atoms with Crippen LogP contribution in [-0.2, 0) is 9.59 Å². The van der Waals surface area contributed by atoms with Crippen molar-refractivity contribution >= 4 is 28.9 Å². The van der Waals surface area contributed by atoms with E-state index in [1.807, 2.05) is 12.1 Å². The van der Waals surface area contributed by atoms with E-state index < -0.39 is 29.9 Å². The molecule has 1 saturated heterocycles. The zero-order valence-corrected chi connectivity index (χ0v) is 15.5. The number of anilines is 3. The van der Waals surface area contributed by atoms with Gasteiger partial charge in [-0.25, -0.2) is 8.78 Å². The molecule has 3 rings (SSSR count). The number of benzene rings is 2. The second-order valence-electron chi connectivity index (χ2n) is 6.73. The van der Waals surface area contributed by atoms with Crippen LogP contribution < -0.4 is 15.5 Å². The summed E-state index contributed by atoms with van der Waals surface area (Å²) < 4.78 is 26.4. The minimum absolute atomic E-state index is 0.171. The van der Waals surface area contributed by atoms with Crippen LogP contribution in [0, 0.1) is 11.6 Å². The molecule has 148 valence electrons. The van der Waals surface area contributed by atoms with Crippen molar-refractivity contribution < 1.29 is 18.4 Å². The lowest BCUT2D eigenvalue weighted by atomic mass is 10.2. The highest BCUT2D eigenvalue weighted by Gasteiger charge is 2.15. The van der Waals surface area contributed by atoms with Gasteiger partial charge in [-0.05, 0) is 43.4 Å². The number of hydrogen-bond acceptors (Lipinski definition) is 4. The van der Waals surface area contributed by atoms with E-state index in [1.165, 1.54) is 0 Å². The number of nitrogens with one attached hydrogen (secondary N) is 2. The maximum Gasteiger partial charge on any atom is 0.233 e. The number of amides is 2. The average Bonchev–Trinajstić information content (AvgIpc) is 2.65. The molecule has 0 saturated carbocycles. The van der Waals surface area contributed by atoms with Gasteiger partial charge in [-0.15, -0.1) is 0 Å². The molecule has 2 aromatic carbocycles. The summed E-state index contributed by atoms with van der Waals surface area (Å²) >= 11 is 0. The maximum atomic E-state index is 13.5. The van der Waals surface area contributed by atoms with Crippen molar-refractivity contribution in [1.29, 1.82) is 0 Å². The van der Waals surface area contributed by atoms with Crippen molar-refractivity contribution in [3.63, 3.8) is 0 Å². The molecule has 2 aromatic rings. The molecule has 0 radical (unpaired) electrons. The molecule has 28 heavy (non-hydrogen) atoms. The molecule has 1 aliphatic heterocycles. The zero-order chi connectivity index (χ0) is 20.1. The number of carbonyl (C=O) groups excluding carboxylic acids is 2. The molecule has 8 heteroatoms. The van der Waals surface area contributed by atoms with Crippen LogP contribution in [0.5, 0.6) is 0 Å². The molecule has 0 unspecified atom stereocenters. The first-order chi connectivity index (χ1) is 13.4. The highest BCUT2D eigenvalue weighted by Crippen LogP contribution is 2.20. The molecule has 6 nitrogen and oxygen atoms in total. The molecule has 1 aliphatic rings. The summed E-state index contributed by atoms with van der Waals surface area (Å²) in [5, 5.41) is 4.90. The standard InChI is InChI=1S/C20H22F2N4O2/c1-25-8-10-26(11-9-25)16-5-3-15(4-6-16)23-19(27)13-20(28)24-18-7-2-14(21)12-17(18)22/h2-7,12H,8-11,13H2,1H3,(H,23,27)(H,24,28). The molecule has 0 aromatic heterocycles. The highest BCUT2D eigenvalue weighted by atomic mass is 19.1. The zero-order valence-electron chi connectivity index (χ0n) is 15.5. The molecule has 0 aliphatic carbocycles. The van der Waals surface area contributed by atoms with Gasteiger partial charge in [0.1, 0.15) is 18.1 Å². The Labute approximate surface area is 162 Å². The van der Waals surface area contributed by atoms with E-state index in [2.05, 4.69) is 27.5 Å². The van der Waals surface area contributed by atoms with Crippen molar-refractivity contribution in [1.82, 2.24) is 4.90 Å². The summed E-state index contributed by atoms with van der Waals surface area (Å²) in [4.78, 5) is 28.5. The summed E-state index contributed by atoms with van der Waals surface area (Å²) in [7, 11) is 2.09. The van der Waals surface area contributed by atoms with Crippen LogP contribution in [0.25, 0.3) is 0 Å². The van der Waals surface area contributed by atoms with Crippen LogP contribution in [-0.4, -0.2) is 49.9 Å². The van der Waals surface area contributed by atoms with Crippen molar-refractivity contribution in [2.75, 3.05) is 48.8 Å². The lowest BCUT2D eigenvalue weighted by Crippen LogP contribution is -2.44. The Kier molecular flexibility index (Phi) is 6.20. The molecular formula is C20H22F2N4O2. The Morgan fingerprint density at radius 3 is 2.21 bits per heavy atom. The van der Waals surface area contributed by atoms with Gasteiger partial charge < -0.3 is 20.4 Å². The second kappa shape index (κ2) is 8.79. The second-order valence-corrected chi connectivity index (χ2v) is 6.73. The Hall–Kier alpha value is -3.00. The van der Waals surface area contributed by atoms with Crippen molar-refractivity contribution in [2.24, 2.45) is 0 Å². The average molecular weight is 388 g/mol. The summed E-state index contributed by atoms with van der Waals surface area (Å²) in [6.45, 7) is 3.90. The molecular weight excluding hydrogens is 366 g/mol. The Bertz CT molecular complexity index is 850. The molecule has 0 spiro atoms. The number of hydrogen-bond donors (Lipinski definition) is 2. The van der Waals surface area contributed by atoms with E-state index in [-0.39, 0.29) is 5.69 Å². The van der Waals surface area contributed by atoms with E-state index in [0.29, 0.717) is 11.8 Å². The summed E-state index contributed by atoms with van der Waals surface area (Å²) in [5.74, 6) is -2.84. The summed E-state index contributed by atoms with van der Waals surface area (Å²) in [6, 6.07) is 10.2. The van der Waals surface area contributed by atoms with Crippen molar-refractivity contribution in [3.8, 4) is 0 Å². The fourth-order valence-corrected chi connectivity index (χ4v) is 2.96. The van der Waals surface area contributed by atoms with Gasteiger partial charge in [0.15, 0.2) is 0 Å². The minimum atomic E-state index is -0.895. The lowest BCUT2D eigenvalue weighted by Gasteiger charge is -2.34. The van der Waals surface area contributed by atoms with Gasteiger partial charge in [0.2, 0.25) is 11.8 Å². The molecule has 1 fully saturated rings. The molecule has 0 bridgehead atoms. The van der Waals surface area contributed by atoms with Gasteiger partial charge in [-0.2, -0.15) is 0 Å². The molecule has 1 heterocycles. The third-order valence-electron chi connectivity index (χ3n) is 4.55. The topological polar surface area (TPSA) is 64.7 Å². The first-order valence-corrected chi connectivity index (χ1v) is 8.99. The number of carbonyl (C=O) groups is 2. The summed E-state index contributed by atoms with van der Waals surface area (Å²) in [6.07, 6.45) is -0.475. The lowest BCUT2D eigenvalue weighted by molar-refractivity contribution is -0.123. The number of piperazine rings is 1. The predicted octanol–water partition coefficient (Wildman–Crippen LogP) is 2.68. The monoisotopic (exact) mass is 388 g/mol. The van der Waals surface area contributed by atoms with E-state index in [9.17, 15) is 18.4 Å². The first-order valence-electron chi connectivity index (χ1n) is 8.99. The molecule has 0 atom stereocenters. The Balaban J connectivity index is 1.50. The summed E-state index contributed by atoms with van der Waals surface area (Å²) in [5.41, 5.74) is 1.48. The molecule has 2 N–H and O–H groups in total. The third-order valence-corrected chi connectivity index (χ3v) is 4.55. The van der Waals surface area contributed by atoms with Crippen LogP contribution in [0.2, 0.25) is 0 Å². The highest BCUT2D eigenvalue weighted by molar-refractivity contribution is 6.08. The van der Waals surface area contributed by atoms with Gasteiger partial charge >= 0.3 is 0 Å². The van der Waals surface area contributed by atoms with E-state index in [0.717, 1.165) is 44.0 Å². The number of nitrogens with zero attached hydrogens (tertiary/aromatic N) is 2. The first kappa shape index (κ1) is 19.8. The smallest absolute Gasteiger partial charge is 0.233 e. The van der Waals surface area contributed by atoms with Crippen LogP contribution in [0.1, 0.15) is 6.42 Å². The fourth-order valence-electron chi connectivity index (χ4n) is 2.96. The SMILES string of the molecule is CN1CCN(c2ccc(NC(=O)CC(=O)Nc3ccc(F)cc3F)cc2)CC1. The van der Waals surface area contributed by atoms with E-state index in [4.69, 9.17) is 0 Å². The Morgan fingerprint density at radius 1 is 0.929 bits per heavy atom. The van der Waals surface area contributed by atoms with Gasteiger partial charge in [0, 0.05) is 43.6 Å². The van der Waals surface area contributed by atoms with Crippen LogP contribution in [0.3, 0.4) is 0 Å². The van der Waals surface area contributed by atoms with Crippen LogP contribution >= 0.6 is 0 Å². The van der Waals surface area contributed by atoms with E-state index in [1.54, 1.807) is 12.1 Å². The maximum absolute atomic E-state index is 13.5. The van der Waals surface area contributed by atoms with E-state index >= 15 is 0 Å². The van der Waals surface area contributed by atoms with Crippen molar-refractivity contribution in [3.05, 3.63) is 54.1 Å². The Morgan fingerprint density at radius 2 is 1.57 bits per heavy atom. The minimum Gasteiger partial charge on any atom is -0.369 e. The fraction of sp³-hybridized carbons (Fsp3) is 0.300. The predicted molar refractivity (Wildman–Crippen MR) is 104 cm³/mol. The van der Waals surface area contributed by atoms with Crippen LogP contribution in [0.4, 0.5) is 25.8 Å².